The minimum absolute atomic E-state index is 0. The van der Waals surface area contributed by atoms with E-state index in [1.807, 2.05) is 49.1 Å². The Morgan fingerprint density at radius 2 is 2.15 bits per heavy atom. The van der Waals surface area contributed by atoms with Gasteiger partial charge in [-0.15, -0.1) is 35.3 Å². The summed E-state index contributed by atoms with van der Waals surface area (Å²) in [5.41, 5.74) is 1.15. The number of guanidine groups is 1. The molecule has 0 aliphatic heterocycles. The molecule has 0 bridgehead atoms. The molecular weight excluding hydrogens is 473 g/mol. The highest BCUT2D eigenvalue weighted by atomic mass is 127. The predicted octanol–water partition coefficient (Wildman–Crippen LogP) is 3.31. The molecule has 2 aromatic heterocycles. The first-order valence-electron chi connectivity index (χ1n) is 8.83. The van der Waals surface area contributed by atoms with Crippen LogP contribution in [-0.2, 0) is 6.54 Å². The number of aromatic nitrogens is 2. The quantitative estimate of drug-likeness (QED) is 0.265. The zero-order valence-electron chi connectivity index (χ0n) is 15.6. The fraction of sp³-hybridized carbons (Fsp3) is 0.368. The molecule has 0 amide bonds. The van der Waals surface area contributed by atoms with Gasteiger partial charge in [0.25, 0.3) is 0 Å². The average molecular weight is 499 g/mol. The van der Waals surface area contributed by atoms with Crippen LogP contribution in [0, 0.1) is 6.92 Å². The summed E-state index contributed by atoms with van der Waals surface area (Å²) in [5.74, 6) is 0.705. The monoisotopic (exact) mass is 499 g/mol. The number of aliphatic hydroxyl groups is 1. The van der Waals surface area contributed by atoms with Gasteiger partial charge < -0.3 is 15.7 Å². The molecule has 6 nitrogen and oxygen atoms in total. The van der Waals surface area contributed by atoms with Crippen molar-refractivity contribution in [3.8, 4) is 0 Å². The first-order chi connectivity index (χ1) is 12.7. The standard InChI is InChI=1S/C19H25N5OS.HI/c1-3-20-19(21-8-9-24-13-14(2)11-23-24)22-12-16(25)18-10-15-6-4-5-7-17(15)26-18;/h4-7,10-11,13,16,25H,3,8-9,12H2,1-2H3,(H2,20,21,22);1H. The molecule has 2 heterocycles. The molecule has 27 heavy (non-hydrogen) atoms. The lowest BCUT2D eigenvalue weighted by Gasteiger charge is -2.12. The summed E-state index contributed by atoms with van der Waals surface area (Å²) < 4.78 is 3.09. The third kappa shape index (κ3) is 6.18. The molecule has 3 N–H and O–H groups in total. The molecule has 0 radical (unpaired) electrons. The smallest absolute Gasteiger partial charge is 0.191 e. The first-order valence-corrected chi connectivity index (χ1v) is 9.65. The molecule has 1 unspecified atom stereocenters. The van der Waals surface area contributed by atoms with Crippen LogP contribution in [0.4, 0.5) is 0 Å². The number of aliphatic hydroxyl groups excluding tert-OH is 1. The number of benzene rings is 1. The topological polar surface area (TPSA) is 74.5 Å². The lowest BCUT2D eigenvalue weighted by Crippen LogP contribution is -2.39. The van der Waals surface area contributed by atoms with E-state index in [1.54, 1.807) is 11.3 Å². The van der Waals surface area contributed by atoms with Crippen molar-refractivity contribution in [2.24, 2.45) is 4.99 Å². The van der Waals surface area contributed by atoms with Crippen LogP contribution in [0.2, 0.25) is 0 Å². The molecule has 0 aliphatic carbocycles. The highest BCUT2D eigenvalue weighted by Crippen LogP contribution is 2.29. The van der Waals surface area contributed by atoms with Gasteiger partial charge in [0.15, 0.2) is 5.96 Å². The molecule has 146 valence electrons. The number of hydrogen-bond donors (Lipinski definition) is 3. The summed E-state index contributed by atoms with van der Waals surface area (Å²) in [6.07, 6.45) is 3.26. The number of aliphatic imine (C=N–C) groups is 1. The summed E-state index contributed by atoms with van der Waals surface area (Å²) in [4.78, 5) is 5.46. The normalized spacial score (nSPS) is 12.6. The van der Waals surface area contributed by atoms with Crippen LogP contribution in [0.25, 0.3) is 10.1 Å². The Hall–Kier alpha value is -1.65. The molecule has 0 saturated heterocycles. The largest absolute Gasteiger partial charge is 0.386 e. The zero-order valence-corrected chi connectivity index (χ0v) is 18.7. The van der Waals surface area contributed by atoms with Crippen molar-refractivity contribution >= 4 is 51.4 Å². The number of nitrogens with one attached hydrogen (secondary N) is 2. The van der Waals surface area contributed by atoms with E-state index < -0.39 is 6.10 Å². The van der Waals surface area contributed by atoms with Crippen molar-refractivity contribution in [3.63, 3.8) is 0 Å². The molecule has 3 rings (SSSR count). The Morgan fingerprint density at radius 1 is 1.33 bits per heavy atom. The van der Waals surface area contributed by atoms with Gasteiger partial charge in [0.05, 0.1) is 19.3 Å². The number of hydrogen-bond acceptors (Lipinski definition) is 4. The van der Waals surface area contributed by atoms with E-state index in [1.165, 1.54) is 4.70 Å². The molecule has 1 atom stereocenters. The number of nitrogens with zero attached hydrogens (tertiary/aromatic N) is 3. The van der Waals surface area contributed by atoms with Crippen LogP contribution in [-0.4, -0.2) is 40.5 Å². The summed E-state index contributed by atoms with van der Waals surface area (Å²) in [6.45, 7) is 6.62. The number of aryl methyl sites for hydroxylation is 1. The second-order valence-corrected chi connectivity index (χ2v) is 7.24. The van der Waals surface area contributed by atoms with Crippen LogP contribution in [0.1, 0.15) is 23.5 Å². The molecular formula is C19H26IN5OS. The zero-order chi connectivity index (χ0) is 18.4. The number of halogens is 1. The molecule has 0 aliphatic rings. The minimum Gasteiger partial charge on any atom is -0.386 e. The van der Waals surface area contributed by atoms with Crippen LogP contribution >= 0.6 is 35.3 Å². The van der Waals surface area contributed by atoms with Gasteiger partial charge in [0.2, 0.25) is 0 Å². The minimum atomic E-state index is -0.600. The Balaban J connectivity index is 0.00000261. The van der Waals surface area contributed by atoms with E-state index in [4.69, 9.17) is 0 Å². The lowest BCUT2D eigenvalue weighted by atomic mass is 10.2. The third-order valence-corrected chi connectivity index (χ3v) is 5.15. The fourth-order valence-corrected chi connectivity index (χ4v) is 3.70. The van der Waals surface area contributed by atoms with E-state index in [2.05, 4.69) is 32.9 Å². The molecule has 3 aromatic rings. The highest BCUT2D eigenvalue weighted by Gasteiger charge is 2.11. The maximum absolute atomic E-state index is 10.5. The van der Waals surface area contributed by atoms with Crippen LogP contribution in [0.15, 0.2) is 47.7 Å². The van der Waals surface area contributed by atoms with Crippen molar-refractivity contribution in [1.82, 2.24) is 20.4 Å². The van der Waals surface area contributed by atoms with Gasteiger partial charge in [-0.25, -0.2) is 0 Å². The van der Waals surface area contributed by atoms with Crippen molar-refractivity contribution in [1.29, 1.82) is 0 Å². The molecule has 8 heteroatoms. The molecule has 1 aromatic carbocycles. The van der Waals surface area contributed by atoms with Gasteiger partial charge in [0, 0.05) is 28.9 Å². The fourth-order valence-electron chi connectivity index (χ4n) is 2.65. The third-order valence-electron chi connectivity index (χ3n) is 3.94. The van der Waals surface area contributed by atoms with Gasteiger partial charge in [-0.1, -0.05) is 18.2 Å². The van der Waals surface area contributed by atoms with Crippen LogP contribution in [0.3, 0.4) is 0 Å². The Morgan fingerprint density at radius 3 is 2.85 bits per heavy atom. The van der Waals surface area contributed by atoms with Crippen molar-refractivity contribution in [2.75, 3.05) is 19.6 Å². The molecule has 0 fully saturated rings. The van der Waals surface area contributed by atoms with E-state index in [9.17, 15) is 5.11 Å². The van der Waals surface area contributed by atoms with E-state index in [0.717, 1.165) is 28.9 Å². The number of fused-ring (bicyclic) bond motifs is 1. The summed E-state index contributed by atoms with van der Waals surface area (Å²) in [5, 5.41) is 22.4. The second-order valence-electron chi connectivity index (χ2n) is 6.13. The van der Waals surface area contributed by atoms with Gasteiger partial charge in [-0.3, -0.25) is 9.67 Å². The van der Waals surface area contributed by atoms with Crippen LogP contribution < -0.4 is 10.6 Å². The molecule has 0 spiro atoms. The molecule has 0 saturated carbocycles. The summed E-state index contributed by atoms with van der Waals surface area (Å²) in [6, 6.07) is 10.2. The van der Waals surface area contributed by atoms with Crippen molar-refractivity contribution < 1.29 is 5.11 Å². The Labute approximate surface area is 180 Å². The first kappa shape index (κ1) is 21.6. The maximum atomic E-state index is 10.5. The Bertz CT molecular complexity index is 843. The lowest BCUT2D eigenvalue weighted by molar-refractivity contribution is 0.191. The van der Waals surface area contributed by atoms with E-state index in [0.29, 0.717) is 19.0 Å². The predicted molar refractivity (Wildman–Crippen MR) is 123 cm³/mol. The van der Waals surface area contributed by atoms with Gasteiger partial charge >= 0.3 is 0 Å². The SMILES string of the molecule is CCNC(=NCC(O)c1cc2ccccc2s1)NCCn1cc(C)cn1.I. The maximum Gasteiger partial charge on any atom is 0.191 e. The summed E-state index contributed by atoms with van der Waals surface area (Å²) in [7, 11) is 0. The van der Waals surface area contributed by atoms with Crippen LogP contribution in [0.5, 0.6) is 0 Å². The Kier molecular flexibility index (Phi) is 8.52. The van der Waals surface area contributed by atoms with Gasteiger partial charge in [-0.05, 0) is 36.9 Å². The average Bonchev–Trinajstić information content (AvgIpc) is 3.25. The summed E-state index contributed by atoms with van der Waals surface area (Å²) >= 11 is 1.62. The second kappa shape index (κ2) is 10.6. The van der Waals surface area contributed by atoms with E-state index in [-0.39, 0.29) is 24.0 Å². The number of thiophene rings is 1. The highest BCUT2D eigenvalue weighted by molar-refractivity contribution is 14.0. The van der Waals surface area contributed by atoms with E-state index >= 15 is 0 Å². The van der Waals surface area contributed by atoms with Gasteiger partial charge in [0.1, 0.15) is 6.10 Å². The van der Waals surface area contributed by atoms with Crippen molar-refractivity contribution in [2.45, 2.75) is 26.5 Å². The number of rotatable bonds is 7. The van der Waals surface area contributed by atoms with Crippen molar-refractivity contribution in [3.05, 3.63) is 53.2 Å². The van der Waals surface area contributed by atoms with Gasteiger partial charge in [-0.2, -0.15) is 5.10 Å².